The Kier molecular flexibility index (Phi) is 3.63. The van der Waals surface area contributed by atoms with Crippen molar-refractivity contribution in [1.82, 2.24) is 10.1 Å². The van der Waals surface area contributed by atoms with Crippen LogP contribution in [0.5, 0.6) is 0 Å². The minimum absolute atomic E-state index is 0.340. The average Bonchev–Trinajstić information content (AvgIpc) is 2.84. The Bertz CT molecular complexity index is 547. The van der Waals surface area contributed by atoms with Crippen LogP contribution in [0.3, 0.4) is 0 Å². The van der Waals surface area contributed by atoms with E-state index >= 15 is 0 Å². The molecule has 0 spiro atoms. The molecule has 0 aliphatic heterocycles. The quantitative estimate of drug-likeness (QED) is 0.878. The second-order valence-electron chi connectivity index (χ2n) is 3.77. The van der Waals surface area contributed by atoms with Gasteiger partial charge in [0.25, 0.3) is 11.8 Å². The van der Waals surface area contributed by atoms with Crippen LogP contribution >= 0.6 is 23.2 Å². The lowest BCUT2D eigenvalue weighted by molar-refractivity contribution is 0.430. The molecule has 5 nitrogen and oxygen atoms in total. The largest absolute Gasteiger partial charge is 0.396 e. The zero-order valence-electron chi connectivity index (χ0n) is 9.94. The maximum atomic E-state index is 5.96. The van der Waals surface area contributed by atoms with Gasteiger partial charge in [-0.05, 0) is 24.2 Å². The van der Waals surface area contributed by atoms with Crippen molar-refractivity contribution in [2.24, 2.45) is 0 Å². The van der Waals surface area contributed by atoms with Crippen LogP contribution in [0.2, 0.25) is 10.0 Å². The van der Waals surface area contributed by atoms with Crippen molar-refractivity contribution in [1.29, 1.82) is 0 Å². The van der Waals surface area contributed by atoms with Crippen molar-refractivity contribution in [2.45, 2.75) is 6.92 Å². The fourth-order valence-corrected chi connectivity index (χ4v) is 1.82. The Morgan fingerprint density at radius 1 is 1.33 bits per heavy atom. The molecule has 0 saturated heterocycles. The van der Waals surface area contributed by atoms with Gasteiger partial charge in [0.2, 0.25) is 0 Å². The van der Waals surface area contributed by atoms with Crippen molar-refractivity contribution in [2.75, 3.05) is 24.2 Å². The van der Waals surface area contributed by atoms with Crippen molar-refractivity contribution in [3.05, 3.63) is 22.2 Å². The second-order valence-corrected chi connectivity index (χ2v) is 4.58. The Labute approximate surface area is 114 Å². The first-order valence-electron chi connectivity index (χ1n) is 5.32. The molecular weight excluding hydrogens is 275 g/mol. The summed E-state index contributed by atoms with van der Waals surface area (Å²) in [6.45, 7) is 2.77. The van der Waals surface area contributed by atoms with Crippen LogP contribution in [0.1, 0.15) is 6.92 Å². The van der Waals surface area contributed by atoms with Gasteiger partial charge in [0.1, 0.15) is 0 Å². The van der Waals surface area contributed by atoms with E-state index in [0.717, 1.165) is 6.54 Å². The van der Waals surface area contributed by atoms with E-state index < -0.39 is 0 Å². The van der Waals surface area contributed by atoms with Crippen LogP contribution in [0, 0.1) is 0 Å². The van der Waals surface area contributed by atoms with E-state index in [2.05, 4.69) is 10.1 Å². The van der Waals surface area contributed by atoms with Gasteiger partial charge in [0, 0.05) is 19.2 Å². The van der Waals surface area contributed by atoms with Crippen LogP contribution in [0.25, 0.3) is 11.5 Å². The number of hydrogen-bond acceptors (Lipinski definition) is 5. The zero-order chi connectivity index (χ0) is 13.3. The number of nitrogens with zero attached hydrogens (tertiary/aromatic N) is 3. The van der Waals surface area contributed by atoms with Crippen LogP contribution < -0.4 is 10.6 Å². The Balaban J connectivity index is 2.40. The molecule has 1 heterocycles. The lowest BCUT2D eigenvalue weighted by Crippen LogP contribution is -2.16. The van der Waals surface area contributed by atoms with Crippen LogP contribution in [-0.2, 0) is 0 Å². The van der Waals surface area contributed by atoms with Gasteiger partial charge in [0.15, 0.2) is 0 Å². The monoisotopic (exact) mass is 286 g/mol. The fourth-order valence-electron chi connectivity index (χ4n) is 1.34. The average molecular weight is 287 g/mol. The highest BCUT2D eigenvalue weighted by molar-refractivity contribution is 6.39. The number of hydrogen-bond donors (Lipinski definition) is 1. The molecule has 0 amide bonds. The van der Waals surface area contributed by atoms with E-state index in [1.165, 1.54) is 0 Å². The first-order valence-corrected chi connectivity index (χ1v) is 6.08. The predicted molar refractivity (Wildman–Crippen MR) is 73.1 cm³/mol. The lowest BCUT2D eigenvalue weighted by Gasteiger charge is -2.08. The third-order valence-electron chi connectivity index (χ3n) is 2.56. The molecular formula is C11H12Cl2N4O. The molecule has 2 aromatic rings. The van der Waals surface area contributed by atoms with Crippen molar-refractivity contribution >= 4 is 34.8 Å². The van der Waals surface area contributed by atoms with E-state index in [1.807, 2.05) is 18.9 Å². The fraction of sp³-hybridized carbons (Fsp3) is 0.273. The molecule has 0 saturated carbocycles. The molecule has 2 N–H and O–H groups in total. The van der Waals surface area contributed by atoms with Gasteiger partial charge in [-0.2, -0.15) is 4.98 Å². The first kappa shape index (κ1) is 13.0. The minimum Gasteiger partial charge on any atom is -0.396 e. The Hall–Kier alpha value is -1.46. The van der Waals surface area contributed by atoms with Gasteiger partial charge < -0.3 is 15.2 Å². The summed E-state index contributed by atoms with van der Waals surface area (Å²) in [5.41, 5.74) is 6.65. The maximum absolute atomic E-state index is 5.96. The number of nitrogen functional groups attached to an aromatic ring is 1. The summed E-state index contributed by atoms with van der Waals surface area (Å²) in [7, 11) is 1.87. The standard InChI is InChI=1S/C11H12Cl2N4O/c1-3-17(2)11-15-10(18-16-11)6-4-7(12)9(14)8(13)5-6/h4-5H,3,14H2,1-2H3. The maximum Gasteiger partial charge on any atom is 0.266 e. The molecule has 0 radical (unpaired) electrons. The van der Waals surface area contributed by atoms with E-state index in [0.29, 0.717) is 33.1 Å². The molecule has 1 aromatic heterocycles. The molecule has 18 heavy (non-hydrogen) atoms. The Morgan fingerprint density at radius 3 is 2.50 bits per heavy atom. The molecule has 0 bridgehead atoms. The summed E-state index contributed by atoms with van der Waals surface area (Å²) in [6.07, 6.45) is 0. The number of halogens is 2. The molecule has 7 heteroatoms. The zero-order valence-corrected chi connectivity index (χ0v) is 11.5. The SMILES string of the molecule is CCN(C)c1noc(-c2cc(Cl)c(N)c(Cl)c2)n1. The molecule has 2 rings (SSSR count). The Morgan fingerprint density at radius 2 is 1.94 bits per heavy atom. The minimum atomic E-state index is 0.340. The van der Waals surface area contributed by atoms with Gasteiger partial charge in [-0.3, -0.25) is 0 Å². The summed E-state index contributed by atoms with van der Waals surface area (Å²) >= 11 is 11.9. The molecule has 0 aliphatic rings. The summed E-state index contributed by atoms with van der Waals surface area (Å²) in [6, 6.07) is 3.29. The van der Waals surface area contributed by atoms with Gasteiger partial charge in [0.05, 0.1) is 15.7 Å². The van der Waals surface area contributed by atoms with E-state index in [9.17, 15) is 0 Å². The molecule has 1 aromatic carbocycles. The smallest absolute Gasteiger partial charge is 0.266 e. The first-order chi connectivity index (χ1) is 8.52. The van der Waals surface area contributed by atoms with Crippen molar-refractivity contribution in [3.8, 4) is 11.5 Å². The van der Waals surface area contributed by atoms with Crippen molar-refractivity contribution in [3.63, 3.8) is 0 Å². The molecule has 0 atom stereocenters. The van der Waals surface area contributed by atoms with Gasteiger partial charge in [-0.15, -0.1) is 0 Å². The summed E-state index contributed by atoms with van der Waals surface area (Å²) < 4.78 is 5.16. The van der Waals surface area contributed by atoms with E-state index in [1.54, 1.807) is 12.1 Å². The van der Waals surface area contributed by atoms with Crippen LogP contribution in [0.15, 0.2) is 16.7 Å². The van der Waals surface area contributed by atoms with E-state index in [4.69, 9.17) is 33.5 Å². The number of anilines is 2. The van der Waals surface area contributed by atoms with E-state index in [-0.39, 0.29) is 0 Å². The third kappa shape index (κ3) is 2.37. The van der Waals surface area contributed by atoms with Crippen LogP contribution in [0.4, 0.5) is 11.6 Å². The summed E-state index contributed by atoms with van der Waals surface area (Å²) in [5, 5.41) is 4.59. The molecule has 0 aliphatic carbocycles. The number of nitrogens with two attached hydrogens (primary N) is 1. The highest BCUT2D eigenvalue weighted by atomic mass is 35.5. The predicted octanol–water partition coefficient (Wildman–Crippen LogP) is 3.08. The number of aromatic nitrogens is 2. The number of rotatable bonds is 3. The number of benzene rings is 1. The third-order valence-corrected chi connectivity index (χ3v) is 3.18. The molecule has 96 valence electrons. The summed E-state index contributed by atoms with van der Waals surface area (Å²) in [5.74, 6) is 0.866. The van der Waals surface area contributed by atoms with Gasteiger partial charge in [-0.25, -0.2) is 0 Å². The molecule has 0 unspecified atom stereocenters. The van der Waals surface area contributed by atoms with Gasteiger partial charge >= 0.3 is 0 Å². The van der Waals surface area contributed by atoms with Crippen molar-refractivity contribution < 1.29 is 4.52 Å². The normalized spacial score (nSPS) is 10.7. The highest BCUT2D eigenvalue weighted by Crippen LogP contribution is 2.33. The molecule has 0 fully saturated rings. The highest BCUT2D eigenvalue weighted by Gasteiger charge is 2.14. The topological polar surface area (TPSA) is 68.2 Å². The van der Waals surface area contributed by atoms with Crippen LogP contribution in [-0.4, -0.2) is 23.7 Å². The second kappa shape index (κ2) is 5.04. The summed E-state index contributed by atoms with van der Waals surface area (Å²) in [4.78, 5) is 6.11. The lowest BCUT2D eigenvalue weighted by atomic mass is 10.2. The van der Waals surface area contributed by atoms with Gasteiger partial charge in [-0.1, -0.05) is 23.2 Å².